The van der Waals surface area contributed by atoms with Crippen molar-refractivity contribution in [2.45, 2.75) is 127 Å². The Morgan fingerprint density at radius 2 is 1.09 bits per heavy atom. The normalized spacial score (nSPS) is 34.3. The predicted octanol–water partition coefficient (Wildman–Crippen LogP) is 8.82. The molecule has 4 heterocycles. The van der Waals surface area contributed by atoms with Gasteiger partial charge in [0.2, 0.25) is 0 Å². The molecule has 314 valence electrons. The number of aliphatic hydroxyl groups is 1. The summed E-state index contributed by atoms with van der Waals surface area (Å²) >= 11 is 8.54. The molecule has 0 spiro atoms. The van der Waals surface area contributed by atoms with Crippen LogP contribution >= 0.6 is 49.5 Å². The van der Waals surface area contributed by atoms with Crippen molar-refractivity contribution < 1.29 is 77.3 Å². The van der Waals surface area contributed by atoms with Crippen LogP contribution in [0.2, 0.25) is 0 Å². The number of phosphoric ester groups is 1. The van der Waals surface area contributed by atoms with Gasteiger partial charge in [-0.2, -0.15) is 0 Å². The molecule has 2 aromatic rings. The van der Waals surface area contributed by atoms with Crippen molar-refractivity contribution in [2.75, 3.05) is 26.4 Å². The molecule has 0 radical (unpaired) electrons. The molecule has 0 saturated carbocycles. The standard InChI is InChI=1S/C20H31O5PS.C15H22O2S.C5H10ClO3P.Na.H/c1-6-17-14(2)15(3)18(19(24-17)27-16-10-8-7-9-11-16)25-26(21)22-12-20(4,5)13-23-26;1-4-13-10(2)11(3)14(16)15(17-13)18-12-8-6-5-7-9-12;1-5(2)3-8-10(6,7)9-4-5;;/h7-11,14-15,17-19H,6,12-13H2,1-5H3;5-11,13-16H,4H2,1-3H3;3-4H2,1-2H3;;/q;;;+1;-1. The number of ether oxygens (including phenoxy) is 2. The number of thioether (sulfide) groups is 2. The first-order valence-corrected chi connectivity index (χ1v) is 25.0. The minimum atomic E-state index is -3.59. The maximum Gasteiger partial charge on any atom is 1.00 e. The van der Waals surface area contributed by atoms with Crippen molar-refractivity contribution in [2.24, 2.45) is 34.5 Å². The number of rotatable bonds is 8. The summed E-state index contributed by atoms with van der Waals surface area (Å²) in [6.07, 6.45) is 1.57. The van der Waals surface area contributed by atoms with Crippen LogP contribution in [0.3, 0.4) is 0 Å². The third-order valence-electron chi connectivity index (χ3n) is 10.5. The summed E-state index contributed by atoms with van der Waals surface area (Å²) in [6.45, 7) is 19.2. The second-order valence-electron chi connectivity index (χ2n) is 16.6. The Hall–Kier alpha value is 0.570. The van der Waals surface area contributed by atoms with E-state index in [2.05, 4.69) is 53.7 Å². The van der Waals surface area contributed by atoms with Gasteiger partial charge in [0.05, 0.1) is 44.7 Å². The third-order valence-corrected chi connectivity index (χ3v) is 15.7. The molecule has 10 unspecified atom stereocenters. The van der Waals surface area contributed by atoms with Crippen LogP contribution in [0.4, 0.5) is 0 Å². The van der Waals surface area contributed by atoms with Crippen molar-refractivity contribution in [3.8, 4) is 0 Å². The van der Waals surface area contributed by atoms with Crippen LogP contribution in [-0.4, -0.2) is 66.8 Å². The molecule has 4 saturated heterocycles. The summed E-state index contributed by atoms with van der Waals surface area (Å²) in [5.74, 6) is 1.15. The molecule has 0 amide bonds. The molecule has 4 aliphatic rings. The van der Waals surface area contributed by atoms with Crippen molar-refractivity contribution >= 4 is 49.5 Å². The van der Waals surface area contributed by atoms with E-state index in [1.165, 1.54) is 0 Å². The zero-order valence-corrected chi connectivity index (χ0v) is 41.2. The fraction of sp³-hybridized carbons (Fsp3) is 0.700. The first-order chi connectivity index (χ1) is 25.8. The van der Waals surface area contributed by atoms with E-state index in [4.69, 9.17) is 43.3 Å². The van der Waals surface area contributed by atoms with E-state index in [0.717, 1.165) is 22.6 Å². The zero-order chi connectivity index (χ0) is 40.6. The molecular weight excluding hydrogens is 825 g/mol. The van der Waals surface area contributed by atoms with Gasteiger partial charge in [0.1, 0.15) is 17.0 Å². The first-order valence-electron chi connectivity index (χ1n) is 19.4. The van der Waals surface area contributed by atoms with Gasteiger partial charge >= 0.3 is 44.3 Å². The molecule has 4 fully saturated rings. The second kappa shape index (κ2) is 22.6. The number of phosphoric acid groups is 1. The van der Waals surface area contributed by atoms with Crippen LogP contribution in [0.25, 0.3) is 0 Å². The largest absolute Gasteiger partial charge is 1.00 e. The Morgan fingerprint density at radius 3 is 1.52 bits per heavy atom. The Labute approximate surface area is 373 Å². The van der Waals surface area contributed by atoms with Gasteiger partial charge in [0, 0.05) is 31.9 Å². The van der Waals surface area contributed by atoms with E-state index in [0.29, 0.717) is 38.3 Å². The molecule has 10 nitrogen and oxygen atoms in total. The fourth-order valence-corrected chi connectivity index (χ4v) is 12.1. The zero-order valence-electron chi connectivity index (χ0n) is 36.0. The molecule has 0 bridgehead atoms. The Bertz CT molecular complexity index is 1540. The number of aliphatic hydroxyl groups excluding tert-OH is 1. The molecule has 6 rings (SSSR count). The molecule has 1 N–H and O–H groups in total. The van der Waals surface area contributed by atoms with Crippen molar-refractivity contribution in [3.63, 3.8) is 0 Å². The van der Waals surface area contributed by atoms with E-state index < -0.39 is 20.9 Å². The first kappa shape index (κ1) is 50.9. The molecule has 4 aliphatic heterocycles. The molecule has 0 aromatic heterocycles. The topological polar surface area (TPSA) is 119 Å². The molecular formula is C40H64ClNaO10P2S2. The maximum atomic E-state index is 13.1. The van der Waals surface area contributed by atoms with Crippen LogP contribution in [-0.2, 0) is 41.2 Å². The van der Waals surface area contributed by atoms with Gasteiger partial charge in [-0.15, -0.1) is 0 Å². The monoisotopic (exact) mass is 888 g/mol. The summed E-state index contributed by atoms with van der Waals surface area (Å²) < 4.78 is 63.0. The summed E-state index contributed by atoms with van der Waals surface area (Å²) in [4.78, 5) is 2.25. The van der Waals surface area contributed by atoms with Gasteiger partial charge in [0.15, 0.2) is 0 Å². The van der Waals surface area contributed by atoms with Crippen LogP contribution < -0.4 is 29.6 Å². The van der Waals surface area contributed by atoms with E-state index in [1.54, 1.807) is 23.5 Å². The molecule has 10 atom stereocenters. The van der Waals surface area contributed by atoms with E-state index >= 15 is 0 Å². The Balaban J connectivity index is 0.000000322. The van der Waals surface area contributed by atoms with E-state index in [-0.39, 0.29) is 82.8 Å². The van der Waals surface area contributed by atoms with Gasteiger partial charge < -0.3 is 16.0 Å². The molecule has 0 aliphatic carbocycles. The van der Waals surface area contributed by atoms with Gasteiger partial charge in [-0.1, -0.05) is 129 Å². The maximum absolute atomic E-state index is 13.1. The van der Waals surface area contributed by atoms with Gasteiger partial charge in [-0.05, 0) is 60.8 Å². The minimum Gasteiger partial charge on any atom is -1.00 e. The second-order valence-corrected chi connectivity index (χ2v) is 23.1. The number of halogens is 1. The number of hydrogen-bond acceptors (Lipinski definition) is 12. The molecule has 56 heavy (non-hydrogen) atoms. The third kappa shape index (κ3) is 15.2. The summed E-state index contributed by atoms with van der Waals surface area (Å²) in [6, 6.07) is 20.2. The Morgan fingerprint density at radius 1 is 0.696 bits per heavy atom. The smallest absolute Gasteiger partial charge is 1.00 e. The van der Waals surface area contributed by atoms with Gasteiger partial charge in [-0.25, -0.2) is 9.13 Å². The number of benzene rings is 2. The average Bonchev–Trinajstić information content (AvgIpc) is 3.16. The van der Waals surface area contributed by atoms with Crippen LogP contribution in [0, 0.1) is 34.5 Å². The van der Waals surface area contributed by atoms with E-state index in [1.807, 2.05) is 76.2 Å². The SMILES string of the molecule is CC1(C)COP(=O)(Cl)OC1.CCC1OC(Sc2ccccc2)C(O)C(C)C1C.CCC1OC(Sc2ccccc2)C(OP2(=O)OCC(C)(C)CO2)C(C)C1C.[H-].[Na+]. The van der Waals surface area contributed by atoms with Crippen molar-refractivity contribution in [3.05, 3.63) is 60.7 Å². The number of hydrogen-bond donors (Lipinski definition) is 1. The average molecular weight is 889 g/mol. The summed E-state index contributed by atoms with van der Waals surface area (Å²) in [5, 5.41) is 10.3. The fourth-order valence-electron chi connectivity index (χ4n) is 6.45. The van der Waals surface area contributed by atoms with Gasteiger partial charge in [0.25, 0.3) is 0 Å². The summed E-state index contributed by atoms with van der Waals surface area (Å²) in [7, 11) is -3.59. The van der Waals surface area contributed by atoms with E-state index in [9.17, 15) is 14.2 Å². The quantitative estimate of drug-likeness (QED) is 0.202. The van der Waals surface area contributed by atoms with Crippen LogP contribution in [0.15, 0.2) is 70.5 Å². The molecule has 16 heteroatoms. The molecule has 2 aromatic carbocycles. The van der Waals surface area contributed by atoms with Crippen molar-refractivity contribution in [1.82, 2.24) is 0 Å². The van der Waals surface area contributed by atoms with Crippen molar-refractivity contribution in [1.29, 1.82) is 0 Å². The summed E-state index contributed by atoms with van der Waals surface area (Å²) in [5.41, 5.74) is -0.645. The Kier molecular flexibility index (Phi) is 20.6. The minimum absolute atomic E-state index is 0. The van der Waals surface area contributed by atoms with Gasteiger partial charge in [-0.3, -0.25) is 22.6 Å². The van der Waals surface area contributed by atoms with Crippen LogP contribution in [0.5, 0.6) is 0 Å². The predicted molar refractivity (Wildman–Crippen MR) is 224 cm³/mol. The van der Waals surface area contributed by atoms with Crippen LogP contribution in [0.1, 0.15) is 83.5 Å².